The van der Waals surface area contributed by atoms with Crippen LogP contribution in [0.3, 0.4) is 0 Å². The maximum Gasteiger partial charge on any atom is 0.325 e. The molecule has 0 aliphatic heterocycles. The van der Waals surface area contributed by atoms with Crippen LogP contribution in [0.5, 0.6) is 0 Å². The van der Waals surface area contributed by atoms with Crippen LogP contribution in [0.2, 0.25) is 0 Å². The minimum absolute atomic E-state index is 0.0621. The van der Waals surface area contributed by atoms with Crippen molar-refractivity contribution >= 4 is 11.9 Å². The zero-order chi connectivity index (χ0) is 13.0. The number of rotatable bonds is 4. The Hall–Kier alpha value is -1.85. The van der Waals surface area contributed by atoms with Crippen molar-refractivity contribution in [3.63, 3.8) is 0 Å². The Balaban J connectivity index is 2.84. The van der Waals surface area contributed by atoms with Crippen LogP contribution in [0.4, 0.5) is 0 Å². The van der Waals surface area contributed by atoms with Gasteiger partial charge in [-0.05, 0) is 6.42 Å². The number of hydrogen-bond donors (Lipinski definition) is 0. The van der Waals surface area contributed by atoms with Gasteiger partial charge in [0.25, 0.3) is 5.91 Å². The molecule has 17 heavy (non-hydrogen) atoms. The highest BCUT2D eigenvalue weighted by molar-refractivity contribution is 5.96. The summed E-state index contributed by atoms with van der Waals surface area (Å²) in [6.07, 6.45) is 2.34. The highest BCUT2D eigenvalue weighted by atomic mass is 16.5. The van der Waals surface area contributed by atoms with Gasteiger partial charge in [-0.15, -0.1) is 0 Å². The smallest absolute Gasteiger partial charge is 0.325 e. The highest BCUT2D eigenvalue weighted by Gasteiger charge is 2.20. The minimum Gasteiger partial charge on any atom is -0.468 e. The molecule has 0 bridgehead atoms. The van der Waals surface area contributed by atoms with Gasteiger partial charge in [-0.3, -0.25) is 14.3 Å². The predicted octanol–water partition coefficient (Wildman–Crippen LogP) is 0.228. The van der Waals surface area contributed by atoms with Crippen LogP contribution in [0.15, 0.2) is 6.20 Å². The van der Waals surface area contributed by atoms with E-state index < -0.39 is 5.97 Å². The number of likely N-dealkylation sites (N-methyl/N-ethyl adjacent to an activating group) is 1. The summed E-state index contributed by atoms with van der Waals surface area (Å²) in [6, 6.07) is 0. The van der Waals surface area contributed by atoms with E-state index in [1.54, 1.807) is 25.0 Å². The number of aromatic nitrogens is 2. The lowest BCUT2D eigenvalue weighted by Gasteiger charge is -2.15. The van der Waals surface area contributed by atoms with E-state index in [0.717, 1.165) is 5.69 Å². The number of methoxy groups -OCH3 is 1. The lowest BCUT2D eigenvalue weighted by molar-refractivity contribution is -0.141. The molecule has 1 heterocycles. The molecule has 0 radical (unpaired) electrons. The van der Waals surface area contributed by atoms with Crippen LogP contribution in [0.25, 0.3) is 0 Å². The fraction of sp³-hybridized carbons (Fsp3) is 0.545. The summed E-state index contributed by atoms with van der Waals surface area (Å²) >= 11 is 0. The maximum absolute atomic E-state index is 12.1. The van der Waals surface area contributed by atoms with Crippen LogP contribution in [0, 0.1) is 0 Å². The van der Waals surface area contributed by atoms with Gasteiger partial charge < -0.3 is 9.64 Å². The van der Waals surface area contributed by atoms with Crippen LogP contribution in [-0.2, 0) is 23.0 Å². The first kappa shape index (κ1) is 13.2. The largest absolute Gasteiger partial charge is 0.468 e. The fourth-order valence-electron chi connectivity index (χ4n) is 1.51. The molecule has 1 amide bonds. The first-order valence-corrected chi connectivity index (χ1v) is 5.34. The van der Waals surface area contributed by atoms with Crippen LogP contribution < -0.4 is 0 Å². The van der Waals surface area contributed by atoms with Gasteiger partial charge in [0.1, 0.15) is 6.54 Å². The van der Waals surface area contributed by atoms with Crippen LogP contribution in [-0.4, -0.2) is 47.3 Å². The third-order valence-corrected chi connectivity index (χ3v) is 2.41. The number of carbonyl (C=O) groups is 2. The molecular weight excluding hydrogens is 222 g/mol. The summed E-state index contributed by atoms with van der Waals surface area (Å²) in [7, 11) is 4.62. The number of hydrogen-bond acceptors (Lipinski definition) is 4. The van der Waals surface area contributed by atoms with Gasteiger partial charge in [0.05, 0.1) is 18.4 Å². The zero-order valence-electron chi connectivity index (χ0n) is 10.6. The summed E-state index contributed by atoms with van der Waals surface area (Å²) < 4.78 is 6.11. The topological polar surface area (TPSA) is 64.4 Å². The molecule has 0 saturated carbocycles. The van der Waals surface area contributed by atoms with Crippen LogP contribution >= 0.6 is 0 Å². The minimum atomic E-state index is -0.442. The Morgan fingerprint density at radius 1 is 1.53 bits per heavy atom. The first-order valence-electron chi connectivity index (χ1n) is 5.34. The number of ether oxygens (including phenoxy) is 1. The van der Waals surface area contributed by atoms with Crippen molar-refractivity contribution in [1.82, 2.24) is 14.7 Å². The third-order valence-electron chi connectivity index (χ3n) is 2.41. The van der Waals surface area contributed by atoms with Crippen molar-refractivity contribution in [2.24, 2.45) is 7.05 Å². The lowest BCUT2D eigenvalue weighted by atomic mass is 10.2. The average Bonchev–Trinajstić information content (AvgIpc) is 2.69. The van der Waals surface area contributed by atoms with E-state index >= 15 is 0 Å². The zero-order valence-corrected chi connectivity index (χ0v) is 10.6. The standard InChI is InChI=1S/C11H17N3O3/c1-5-9-8(6-14(3)12-9)11(16)13(2)7-10(15)17-4/h6H,5,7H2,1-4H3. The molecule has 0 spiro atoms. The Morgan fingerprint density at radius 3 is 2.71 bits per heavy atom. The second-order valence-corrected chi connectivity index (χ2v) is 3.75. The first-order chi connectivity index (χ1) is 7.99. The Labute approximate surface area is 100 Å². The molecule has 1 aromatic rings. The van der Waals surface area contributed by atoms with Gasteiger partial charge in [0, 0.05) is 20.3 Å². The molecule has 0 aromatic carbocycles. The van der Waals surface area contributed by atoms with Gasteiger partial charge in [-0.1, -0.05) is 6.92 Å². The van der Waals surface area contributed by atoms with Gasteiger partial charge in [0.2, 0.25) is 0 Å². The van der Waals surface area contributed by atoms with Crippen molar-refractivity contribution in [3.8, 4) is 0 Å². The molecule has 1 rings (SSSR count). The fourth-order valence-corrected chi connectivity index (χ4v) is 1.51. The van der Waals surface area contributed by atoms with Crippen LogP contribution in [0.1, 0.15) is 23.0 Å². The summed E-state index contributed by atoms with van der Waals surface area (Å²) in [6.45, 7) is 1.87. The third kappa shape index (κ3) is 3.05. The Bertz CT molecular complexity index is 426. The molecule has 1 aromatic heterocycles. The van der Waals surface area contributed by atoms with E-state index in [4.69, 9.17) is 0 Å². The molecule has 0 aliphatic carbocycles. The average molecular weight is 239 g/mol. The number of carbonyl (C=O) groups excluding carboxylic acids is 2. The Kier molecular flexibility index (Phi) is 4.25. The number of aryl methyl sites for hydroxylation is 2. The SMILES string of the molecule is CCc1nn(C)cc1C(=O)N(C)CC(=O)OC. The van der Waals surface area contributed by atoms with Crippen molar-refractivity contribution in [2.45, 2.75) is 13.3 Å². The number of esters is 1. The summed E-state index contributed by atoms with van der Waals surface area (Å²) in [5.41, 5.74) is 1.26. The predicted molar refractivity (Wildman–Crippen MR) is 61.6 cm³/mol. The van der Waals surface area contributed by atoms with E-state index in [-0.39, 0.29) is 12.5 Å². The molecule has 94 valence electrons. The normalized spacial score (nSPS) is 10.1. The molecule has 0 atom stereocenters. The second-order valence-electron chi connectivity index (χ2n) is 3.75. The quantitative estimate of drug-likeness (QED) is 0.705. The summed E-state index contributed by atoms with van der Waals surface area (Å²) in [5.74, 6) is -0.664. The molecule has 0 saturated heterocycles. The lowest BCUT2D eigenvalue weighted by Crippen LogP contribution is -2.33. The van der Waals surface area contributed by atoms with Crippen molar-refractivity contribution in [2.75, 3.05) is 20.7 Å². The van der Waals surface area contributed by atoms with E-state index in [1.807, 2.05) is 6.92 Å². The van der Waals surface area contributed by atoms with E-state index in [0.29, 0.717) is 12.0 Å². The summed E-state index contributed by atoms with van der Waals surface area (Å²) in [4.78, 5) is 24.5. The monoisotopic (exact) mass is 239 g/mol. The Morgan fingerprint density at radius 2 is 2.18 bits per heavy atom. The van der Waals surface area contributed by atoms with Crippen molar-refractivity contribution in [3.05, 3.63) is 17.5 Å². The second kappa shape index (κ2) is 5.47. The number of amides is 1. The van der Waals surface area contributed by atoms with E-state index in [2.05, 4.69) is 9.84 Å². The highest BCUT2D eigenvalue weighted by Crippen LogP contribution is 2.09. The van der Waals surface area contributed by atoms with Crippen molar-refractivity contribution < 1.29 is 14.3 Å². The summed E-state index contributed by atoms with van der Waals surface area (Å²) in [5, 5.41) is 4.18. The molecule has 6 heteroatoms. The van der Waals surface area contributed by atoms with Crippen molar-refractivity contribution in [1.29, 1.82) is 0 Å². The van der Waals surface area contributed by atoms with Gasteiger partial charge >= 0.3 is 5.97 Å². The molecule has 0 aliphatic rings. The number of nitrogens with zero attached hydrogens (tertiary/aromatic N) is 3. The van der Waals surface area contributed by atoms with Gasteiger partial charge in [0.15, 0.2) is 0 Å². The molecule has 6 nitrogen and oxygen atoms in total. The molecule has 0 fully saturated rings. The van der Waals surface area contributed by atoms with E-state index in [1.165, 1.54) is 12.0 Å². The molecule has 0 N–H and O–H groups in total. The molecule has 0 unspecified atom stereocenters. The van der Waals surface area contributed by atoms with Gasteiger partial charge in [-0.2, -0.15) is 5.10 Å². The van der Waals surface area contributed by atoms with Gasteiger partial charge in [-0.25, -0.2) is 0 Å². The maximum atomic E-state index is 12.1. The van der Waals surface area contributed by atoms with E-state index in [9.17, 15) is 9.59 Å². The molecular formula is C11H17N3O3.